The van der Waals surface area contributed by atoms with Gasteiger partial charge in [-0.15, -0.1) is 0 Å². The lowest BCUT2D eigenvalue weighted by molar-refractivity contribution is -0.159. The molecule has 1 saturated heterocycles. The van der Waals surface area contributed by atoms with Crippen molar-refractivity contribution in [3.05, 3.63) is 0 Å². The van der Waals surface area contributed by atoms with Crippen molar-refractivity contribution >= 4 is 12.1 Å². The Morgan fingerprint density at radius 1 is 1.44 bits per heavy atom. The lowest BCUT2D eigenvalue weighted by Gasteiger charge is -2.34. The predicted molar refractivity (Wildman–Crippen MR) is 58.2 cm³/mol. The number of carbonyl (C=O) groups is 2. The molecule has 92 valence electrons. The predicted octanol–water partition coefficient (Wildman–Crippen LogP) is 1.72. The standard InChI is InChI=1S/C11H19NO4/c1-8(2)7-11(3,9(13)14)16-10(15)12-5-4-6-12/h8H,4-7H2,1-3H3,(H,13,14). The molecule has 5 heteroatoms. The maximum atomic E-state index is 11.6. The van der Waals surface area contributed by atoms with Gasteiger partial charge in [0.1, 0.15) is 0 Å². The first-order valence-electron chi connectivity index (χ1n) is 5.56. The lowest BCUT2D eigenvalue weighted by atomic mass is 9.94. The van der Waals surface area contributed by atoms with Crippen molar-refractivity contribution in [1.82, 2.24) is 4.90 Å². The Balaban J connectivity index is 2.62. The molecule has 16 heavy (non-hydrogen) atoms. The molecule has 1 unspecified atom stereocenters. The van der Waals surface area contributed by atoms with E-state index in [1.54, 1.807) is 0 Å². The van der Waals surface area contributed by atoms with Crippen molar-refractivity contribution in [1.29, 1.82) is 0 Å². The number of carboxylic acid groups (broad SMARTS) is 1. The Bertz CT molecular complexity index is 286. The number of hydrogen-bond donors (Lipinski definition) is 1. The van der Waals surface area contributed by atoms with Crippen LogP contribution in [-0.4, -0.2) is 40.8 Å². The van der Waals surface area contributed by atoms with Crippen molar-refractivity contribution in [2.24, 2.45) is 5.92 Å². The minimum Gasteiger partial charge on any atom is -0.478 e. The van der Waals surface area contributed by atoms with Crippen molar-refractivity contribution < 1.29 is 19.4 Å². The monoisotopic (exact) mass is 229 g/mol. The van der Waals surface area contributed by atoms with E-state index >= 15 is 0 Å². The molecule has 0 aromatic heterocycles. The van der Waals surface area contributed by atoms with Crippen LogP contribution in [0.3, 0.4) is 0 Å². The Labute approximate surface area is 95.4 Å². The summed E-state index contributed by atoms with van der Waals surface area (Å²) in [4.78, 5) is 24.2. The van der Waals surface area contributed by atoms with Crippen LogP contribution in [0.5, 0.6) is 0 Å². The zero-order valence-corrected chi connectivity index (χ0v) is 10.0. The molecule has 0 aromatic rings. The van der Waals surface area contributed by atoms with Gasteiger partial charge in [-0.25, -0.2) is 9.59 Å². The van der Waals surface area contributed by atoms with Crippen LogP contribution in [0.4, 0.5) is 4.79 Å². The molecular weight excluding hydrogens is 210 g/mol. The minimum absolute atomic E-state index is 0.158. The number of amides is 1. The summed E-state index contributed by atoms with van der Waals surface area (Å²) in [7, 11) is 0. The molecule has 1 fully saturated rings. The summed E-state index contributed by atoms with van der Waals surface area (Å²) in [5, 5.41) is 9.11. The highest BCUT2D eigenvalue weighted by Gasteiger charge is 2.40. The zero-order valence-electron chi connectivity index (χ0n) is 10.0. The third-order valence-corrected chi connectivity index (χ3v) is 2.68. The van der Waals surface area contributed by atoms with E-state index in [4.69, 9.17) is 9.84 Å². The highest BCUT2D eigenvalue weighted by molar-refractivity contribution is 5.81. The van der Waals surface area contributed by atoms with Gasteiger partial charge in [0.25, 0.3) is 0 Å². The maximum absolute atomic E-state index is 11.6. The molecular formula is C11H19NO4. The van der Waals surface area contributed by atoms with Gasteiger partial charge in [-0.2, -0.15) is 0 Å². The summed E-state index contributed by atoms with van der Waals surface area (Å²) < 4.78 is 5.10. The van der Waals surface area contributed by atoms with E-state index in [1.165, 1.54) is 11.8 Å². The van der Waals surface area contributed by atoms with Crippen LogP contribution < -0.4 is 0 Å². The summed E-state index contributed by atoms with van der Waals surface area (Å²) in [5.41, 5.74) is -1.42. The molecule has 0 aliphatic carbocycles. The molecule has 1 rings (SSSR count). The highest BCUT2D eigenvalue weighted by Crippen LogP contribution is 2.23. The van der Waals surface area contributed by atoms with Gasteiger partial charge in [0.15, 0.2) is 0 Å². The van der Waals surface area contributed by atoms with Crippen molar-refractivity contribution in [3.63, 3.8) is 0 Å². The summed E-state index contributed by atoms with van der Waals surface area (Å²) >= 11 is 0. The van der Waals surface area contributed by atoms with E-state index in [2.05, 4.69) is 0 Å². The molecule has 1 heterocycles. The maximum Gasteiger partial charge on any atom is 0.410 e. The average molecular weight is 229 g/mol. The van der Waals surface area contributed by atoms with Gasteiger partial charge in [0, 0.05) is 19.5 Å². The number of aliphatic carboxylic acids is 1. The second-order valence-electron chi connectivity index (χ2n) is 4.84. The van der Waals surface area contributed by atoms with Gasteiger partial charge in [0.2, 0.25) is 5.60 Å². The largest absolute Gasteiger partial charge is 0.478 e. The van der Waals surface area contributed by atoms with Gasteiger partial charge in [0.05, 0.1) is 0 Å². The molecule has 0 spiro atoms. The van der Waals surface area contributed by atoms with E-state index in [9.17, 15) is 9.59 Å². The van der Waals surface area contributed by atoms with Gasteiger partial charge >= 0.3 is 12.1 Å². The zero-order chi connectivity index (χ0) is 12.3. The van der Waals surface area contributed by atoms with Crippen LogP contribution in [-0.2, 0) is 9.53 Å². The number of carboxylic acids is 1. The summed E-state index contributed by atoms with van der Waals surface area (Å²) in [6.45, 7) is 6.58. The quantitative estimate of drug-likeness (QED) is 0.797. The normalized spacial score (nSPS) is 18.9. The third-order valence-electron chi connectivity index (χ3n) is 2.68. The Hall–Kier alpha value is -1.26. The van der Waals surface area contributed by atoms with E-state index < -0.39 is 17.7 Å². The van der Waals surface area contributed by atoms with E-state index in [1.807, 2.05) is 13.8 Å². The fraction of sp³-hybridized carbons (Fsp3) is 0.818. The Morgan fingerprint density at radius 2 is 2.00 bits per heavy atom. The fourth-order valence-electron chi connectivity index (χ4n) is 1.71. The van der Waals surface area contributed by atoms with Crippen molar-refractivity contribution in [3.8, 4) is 0 Å². The number of likely N-dealkylation sites (tertiary alicyclic amines) is 1. The molecule has 0 radical (unpaired) electrons. The Morgan fingerprint density at radius 3 is 2.31 bits per heavy atom. The number of carbonyl (C=O) groups excluding carboxylic acids is 1. The van der Waals surface area contributed by atoms with Crippen LogP contribution in [0, 0.1) is 5.92 Å². The molecule has 0 saturated carbocycles. The fourth-order valence-corrected chi connectivity index (χ4v) is 1.71. The first-order chi connectivity index (χ1) is 7.35. The number of ether oxygens (including phenoxy) is 1. The molecule has 5 nitrogen and oxygen atoms in total. The first-order valence-corrected chi connectivity index (χ1v) is 5.56. The second-order valence-corrected chi connectivity index (χ2v) is 4.84. The van der Waals surface area contributed by atoms with Gasteiger partial charge in [-0.3, -0.25) is 0 Å². The lowest BCUT2D eigenvalue weighted by Crippen LogP contribution is -2.49. The van der Waals surface area contributed by atoms with Gasteiger partial charge < -0.3 is 14.7 Å². The summed E-state index contributed by atoms with van der Waals surface area (Å²) in [6.07, 6.45) is 0.766. The molecule has 0 aromatic carbocycles. The summed E-state index contributed by atoms with van der Waals surface area (Å²) in [6, 6.07) is 0. The van der Waals surface area contributed by atoms with Crippen LogP contribution in [0.25, 0.3) is 0 Å². The van der Waals surface area contributed by atoms with Crippen LogP contribution in [0.2, 0.25) is 0 Å². The van der Waals surface area contributed by atoms with Crippen molar-refractivity contribution in [2.75, 3.05) is 13.1 Å². The second kappa shape index (κ2) is 4.72. The summed E-state index contributed by atoms with van der Waals surface area (Å²) in [5.74, 6) is -0.930. The third kappa shape index (κ3) is 2.87. The number of rotatable bonds is 4. The van der Waals surface area contributed by atoms with E-state index in [0.29, 0.717) is 19.5 Å². The molecule has 1 aliphatic rings. The van der Waals surface area contributed by atoms with Gasteiger partial charge in [-0.05, 0) is 19.3 Å². The van der Waals surface area contributed by atoms with Crippen molar-refractivity contribution in [2.45, 2.75) is 39.2 Å². The smallest absolute Gasteiger partial charge is 0.410 e. The molecule has 1 aliphatic heterocycles. The number of hydrogen-bond acceptors (Lipinski definition) is 3. The topological polar surface area (TPSA) is 66.8 Å². The average Bonchev–Trinajstić information content (AvgIpc) is 1.97. The SMILES string of the molecule is CC(C)CC(C)(OC(=O)N1CCC1)C(=O)O. The molecule has 1 N–H and O–H groups in total. The van der Waals surface area contributed by atoms with Crippen LogP contribution >= 0.6 is 0 Å². The first kappa shape index (κ1) is 12.8. The molecule has 0 bridgehead atoms. The van der Waals surface area contributed by atoms with E-state index in [0.717, 1.165) is 6.42 Å². The molecule has 1 amide bonds. The minimum atomic E-state index is -1.42. The van der Waals surface area contributed by atoms with Gasteiger partial charge in [-0.1, -0.05) is 13.8 Å². The van der Waals surface area contributed by atoms with E-state index in [-0.39, 0.29) is 5.92 Å². The number of nitrogens with zero attached hydrogens (tertiary/aromatic N) is 1. The van der Waals surface area contributed by atoms with Crippen LogP contribution in [0.15, 0.2) is 0 Å². The van der Waals surface area contributed by atoms with Crippen LogP contribution in [0.1, 0.15) is 33.6 Å². The molecule has 1 atom stereocenters. The Kier molecular flexibility index (Phi) is 3.78. The highest BCUT2D eigenvalue weighted by atomic mass is 16.6.